The summed E-state index contributed by atoms with van der Waals surface area (Å²) in [4.78, 5) is 0. The highest BCUT2D eigenvalue weighted by molar-refractivity contribution is 5.76. The summed E-state index contributed by atoms with van der Waals surface area (Å²) in [5.74, 6) is -5.64. The minimum Gasteiger partial charge on any atom is -0.206 e. The Kier molecular flexibility index (Phi) is 7.88. The Morgan fingerprint density at radius 3 is 1.69 bits per heavy atom. The smallest absolute Gasteiger partial charge is 0.194 e. The average molecular weight is 495 g/mol. The van der Waals surface area contributed by atoms with E-state index < -0.39 is 29.1 Å². The van der Waals surface area contributed by atoms with E-state index in [0.717, 1.165) is 55.0 Å². The normalized spacial score (nSPS) is 11.2. The van der Waals surface area contributed by atoms with E-state index in [-0.39, 0.29) is 16.7 Å². The maximum Gasteiger partial charge on any atom is 0.194 e. The second kappa shape index (κ2) is 11.1. The van der Waals surface area contributed by atoms with Crippen LogP contribution in [0.1, 0.15) is 44.2 Å². The summed E-state index contributed by atoms with van der Waals surface area (Å²) in [6.45, 7) is 4.12. The van der Waals surface area contributed by atoms with Crippen LogP contribution in [0.4, 0.5) is 22.0 Å². The van der Waals surface area contributed by atoms with Crippen molar-refractivity contribution < 1.29 is 22.0 Å². The van der Waals surface area contributed by atoms with Gasteiger partial charge in [-0.3, -0.25) is 0 Å². The maximum atomic E-state index is 15.8. The van der Waals surface area contributed by atoms with E-state index in [0.29, 0.717) is 17.5 Å². The largest absolute Gasteiger partial charge is 0.206 e. The molecular weight excluding hydrogens is 467 g/mol. The quantitative estimate of drug-likeness (QED) is 0.169. The molecule has 0 aliphatic carbocycles. The molecule has 0 saturated heterocycles. The molecule has 0 saturated carbocycles. The third-order valence-electron chi connectivity index (χ3n) is 6.40. The van der Waals surface area contributed by atoms with Crippen molar-refractivity contribution in [1.82, 2.24) is 0 Å². The SMILES string of the molecule is CCCCc1ccc(-c2ccc(-c3ccc(-c4cc(F)c(F)c(F)c4)c(F)c3)c(F)c2CCC)cc1. The van der Waals surface area contributed by atoms with Gasteiger partial charge in [0.2, 0.25) is 0 Å². The molecule has 0 aliphatic rings. The molecule has 0 heterocycles. The van der Waals surface area contributed by atoms with E-state index in [9.17, 15) is 17.6 Å². The fourth-order valence-corrected chi connectivity index (χ4v) is 4.47. The molecule has 4 aromatic rings. The van der Waals surface area contributed by atoms with Gasteiger partial charge in [0.05, 0.1) is 0 Å². The predicted molar refractivity (Wildman–Crippen MR) is 135 cm³/mol. The molecule has 4 rings (SSSR count). The maximum absolute atomic E-state index is 15.8. The lowest BCUT2D eigenvalue weighted by Crippen LogP contribution is -1.99. The molecule has 186 valence electrons. The fraction of sp³-hybridized carbons (Fsp3) is 0.226. The van der Waals surface area contributed by atoms with Crippen molar-refractivity contribution in [3.05, 3.63) is 107 Å². The third-order valence-corrected chi connectivity index (χ3v) is 6.40. The molecule has 0 N–H and O–H groups in total. The van der Waals surface area contributed by atoms with Gasteiger partial charge in [0.1, 0.15) is 11.6 Å². The first-order chi connectivity index (χ1) is 17.3. The zero-order valence-electron chi connectivity index (χ0n) is 20.3. The van der Waals surface area contributed by atoms with Crippen LogP contribution in [0.2, 0.25) is 0 Å². The van der Waals surface area contributed by atoms with Crippen LogP contribution in [-0.4, -0.2) is 0 Å². The molecule has 0 aliphatic heterocycles. The summed E-state index contributed by atoms with van der Waals surface area (Å²) < 4.78 is 71.3. The van der Waals surface area contributed by atoms with Gasteiger partial charge in [0.25, 0.3) is 0 Å². The van der Waals surface area contributed by atoms with Crippen LogP contribution in [0, 0.1) is 29.1 Å². The zero-order valence-corrected chi connectivity index (χ0v) is 20.3. The van der Waals surface area contributed by atoms with Gasteiger partial charge in [-0.25, -0.2) is 22.0 Å². The van der Waals surface area contributed by atoms with Crippen LogP contribution in [0.5, 0.6) is 0 Å². The Balaban J connectivity index is 1.72. The third kappa shape index (κ3) is 5.20. The fourth-order valence-electron chi connectivity index (χ4n) is 4.47. The molecule has 36 heavy (non-hydrogen) atoms. The zero-order chi connectivity index (χ0) is 25.8. The van der Waals surface area contributed by atoms with Crippen LogP contribution in [0.3, 0.4) is 0 Å². The monoisotopic (exact) mass is 494 g/mol. The first-order valence-electron chi connectivity index (χ1n) is 12.2. The van der Waals surface area contributed by atoms with E-state index in [1.807, 2.05) is 25.1 Å². The standard InChI is InChI=1S/C31H27F5/c1-3-5-7-19-8-10-20(11-9-19)23-14-15-25(30(35)26(23)6-4-2)21-12-13-24(27(32)16-21)22-17-28(33)31(36)29(34)18-22/h8-18H,3-7H2,1-2H3. The number of hydrogen-bond donors (Lipinski definition) is 0. The number of unbranched alkanes of at least 4 members (excludes halogenated alkanes) is 1. The number of halogens is 5. The lowest BCUT2D eigenvalue weighted by atomic mass is 9.90. The molecule has 0 unspecified atom stereocenters. The highest BCUT2D eigenvalue weighted by Gasteiger charge is 2.18. The number of aryl methyl sites for hydroxylation is 1. The summed E-state index contributed by atoms with van der Waals surface area (Å²) in [5.41, 5.74) is 3.82. The van der Waals surface area contributed by atoms with Gasteiger partial charge in [-0.2, -0.15) is 0 Å². The second-order valence-corrected chi connectivity index (χ2v) is 8.95. The average Bonchev–Trinajstić information content (AvgIpc) is 2.87. The van der Waals surface area contributed by atoms with Crippen LogP contribution < -0.4 is 0 Å². The van der Waals surface area contributed by atoms with Crippen molar-refractivity contribution in [2.45, 2.75) is 46.0 Å². The molecular formula is C31H27F5. The van der Waals surface area contributed by atoms with Crippen molar-refractivity contribution in [2.75, 3.05) is 0 Å². The first-order valence-corrected chi connectivity index (χ1v) is 12.2. The van der Waals surface area contributed by atoms with E-state index in [1.54, 1.807) is 6.07 Å². The molecule has 0 fully saturated rings. The van der Waals surface area contributed by atoms with E-state index in [1.165, 1.54) is 17.7 Å². The van der Waals surface area contributed by atoms with Crippen molar-refractivity contribution in [1.29, 1.82) is 0 Å². The molecule has 5 heteroatoms. The summed E-state index contributed by atoms with van der Waals surface area (Å²) in [7, 11) is 0. The van der Waals surface area contributed by atoms with Gasteiger partial charge in [0, 0.05) is 11.1 Å². The summed E-state index contributed by atoms with van der Waals surface area (Å²) >= 11 is 0. The Hall–Kier alpha value is -3.47. The van der Waals surface area contributed by atoms with Crippen LogP contribution in [0.15, 0.2) is 66.7 Å². The Morgan fingerprint density at radius 2 is 1.08 bits per heavy atom. The van der Waals surface area contributed by atoms with Crippen molar-refractivity contribution in [3.8, 4) is 33.4 Å². The van der Waals surface area contributed by atoms with Gasteiger partial charge < -0.3 is 0 Å². The van der Waals surface area contributed by atoms with Gasteiger partial charge >= 0.3 is 0 Å². The topological polar surface area (TPSA) is 0 Å². The molecule has 0 bridgehead atoms. The predicted octanol–water partition coefficient (Wildman–Crippen LogP) is 9.68. The van der Waals surface area contributed by atoms with Gasteiger partial charge in [0.15, 0.2) is 17.5 Å². The number of benzene rings is 4. The van der Waals surface area contributed by atoms with Crippen LogP contribution >= 0.6 is 0 Å². The second-order valence-electron chi connectivity index (χ2n) is 8.95. The van der Waals surface area contributed by atoms with Crippen molar-refractivity contribution in [3.63, 3.8) is 0 Å². The van der Waals surface area contributed by atoms with Gasteiger partial charge in [-0.1, -0.05) is 75.2 Å². The molecule has 0 radical (unpaired) electrons. The molecule has 0 aromatic heterocycles. The van der Waals surface area contributed by atoms with E-state index in [4.69, 9.17) is 0 Å². The van der Waals surface area contributed by atoms with Crippen LogP contribution in [-0.2, 0) is 12.8 Å². The van der Waals surface area contributed by atoms with Crippen LogP contribution in [0.25, 0.3) is 33.4 Å². The van der Waals surface area contributed by atoms with Crippen molar-refractivity contribution in [2.24, 2.45) is 0 Å². The molecule has 0 amide bonds. The molecule has 4 aromatic carbocycles. The highest BCUT2D eigenvalue weighted by Crippen LogP contribution is 2.36. The summed E-state index contributed by atoms with van der Waals surface area (Å²) in [6, 6.07) is 17.0. The van der Waals surface area contributed by atoms with Crippen molar-refractivity contribution >= 4 is 0 Å². The molecule has 0 spiro atoms. The minimum absolute atomic E-state index is 0.106. The first kappa shape index (κ1) is 25.6. The lowest BCUT2D eigenvalue weighted by Gasteiger charge is -2.15. The highest BCUT2D eigenvalue weighted by atomic mass is 19.2. The Bertz CT molecular complexity index is 1350. The number of hydrogen-bond acceptors (Lipinski definition) is 0. The van der Waals surface area contributed by atoms with E-state index >= 15 is 4.39 Å². The van der Waals surface area contributed by atoms with Gasteiger partial charge in [-0.15, -0.1) is 0 Å². The number of rotatable bonds is 8. The minimum atomic E-state index is -1.61. The lowest BCUT2D eigenvalue weighted by molar-refractivity contribution is 0.447. The molecule has 0 nitrogen and oxygen atoms in total. The summed E-state index contributed by atoms with van der Waals surface area (Å²) in [5, 5.41) is 0. The Morgan fingerprint density at radius 1 is 0.500 bits per heavy atom. The Labute approximate surface area is 208 Å². The summed E-state index contributed by atoms with van der Waals surface area (Å²) in [6.07, 6.45) is 4.49. The molecule has 0 atom stereocenters. The van der Waals surface area contributed by atoms with Gasteiger partial charge in [-0.05, 0) is 70.8 Å². The van der Waals surface area contributed by atoms with E-state index in [2.05, 4.69) is 19.1 Å².